The summed E-state index contributed by atoms with van der Waals surface area (Å²) in [6.07, 6.45) is 1.93. The summed E-state index contributed by atoms with van der Waals surface area (Å²) in [5.74, 6) is -1.09. The van der Waals surface area contributed by atoms with E-state index in [1.165, 1.54) is 12.1 Å². The Morgan fingerprint density at radius 1 is 1.41 bits per heavy atom. The molecule has 0 fully saturated rings. The van der Waals surface area contributed by atoms with E-state index in [1.54, 1.807) is 0 Å². The van der Waals surface area contributed by atoms with Crippen LogP contribution in [0.5, 0.6) is 0 Å². The van der Waals surface area contributed by atoms with E-state index >= 15 is 0 Å². The highest BCUT2D eigenvalue weighted by Crippen LogP contribution is 2.20. The molecule has 92 valence electrons. The molecule has 17 heavy (non-hydrogen) atoms. The largest absolute Gasteiger partial charge is 0.310 e. The van der Waals surface area contributed by atoms with Gasteiger partial charge in [-0.05, 0) is 25.5 Å². The minimum absolute atomic E-state index is 0.130. The quantitative estimate of drug-likeness (QED) is 0.772. The molecule has 1 aromatic carbocycles. The van der Waals surface area contributed by atoms with Crippen molar-refractivity contribution < 1.29 is 8.78 Å². The van der Waals surface area contributed by atoms with E-state index in [-0.39, 0.29) is 6.04 Å². The molecule has 0 amide bonds. The molecule has 0 saturated heterocycles. The maximum atomic E-state index is 13.5. The third-order valence-electron chi connectivity index (χ3n) is 2.60. The molecule has 1 N–H and O–H groups in total. The first-order chi connectivity index (χ1) is 8.19. The molecule has 0 bridgehead atoms. The average Bonchev–Trinajstić information content (AvgIpc) is 2.31. The van der Waals surface area contributed by atoms with E-state index < -0.39 is 11.6 Å². The predicted molar refractivity (Wildman–Crippen MR) is 62.2 cm³/mol. The molecule has 0 aromatic heterocycles. The number of benzene rings is 1. The fraction of sp³-hybridized carbons (Fsp3) is 0.462. The van der Waals surface area contributed by atoms with Crippen molar-refractivity contribution in [2.45, 2.75) is 32.2 Å². The van der Waals surface area contributed by atoms with E-state index in [4.69, 9.17) is 5.26 Å². The summed E-state index contributed by atoms with van der Waals surface area (Å²) >= 11 is 0. The topological polar surface area (TPSA) is 35.8 Å². The number of halogens is 2. The van der Waals surface area contributed by atoms with E-state index in [1.807, 2.05) is 6.92 Å². The van der Waals surface area contributed by atoms with Gasteiger partial charge < -0.3 is 5.32 Å². The zero-order valence-corrected chi connectivity index (χ0v) is 9.84. The molecule has 0 saturated carbocycles. The Labute approximate surface area is 100 Å². The molecule has 0 aliphatic carbocycles. The lowest BCUT2D eigenvalue weighted by atomic mass is 10.0. The van der Waals surface area contributed by atoms with Gasteiger partial charge in [-0.3, -0.25) is 0 Å². The lowest BCUT2D eigenvalue weighted by molar-refractivity contribution is 0.480. The zero-order valence-electron chi connectivity index (χ0n) is 9.84. The van der Waals surface area contributed by atoms with Gasteiger partial charge in [0.1, 0.15) is 11.6 Å². The summed E-state index contributed by atoms with van der Waals surface area (Å²) in [5, 5.41) is 11.6. The van der Waals surface area contributed by atoms with Gasteiger partial charge in [0.25, 0.3) is 0 Å². The summed E-state index contributed by atoms with van der Waals surface area (Å²) in [6, 6.07) is 5.55. The highest BCUT2D eigenvalue weighted by molar-refractivity contribution is 5.22. The van der Waals surface area contributed by atoms with Crippen LogP contribution in [0.1, 0.15) is 37.8 Å². The SMILES string of the molecule is CCC(NCCCC#N)c1ccc(F)cc1F. The van der Waals surface area contributed by atoms with E-state index in [2.05, 4.69) is 11.4 Å². The first-order valence-corrected chi connectivity index (χ1v) is 5.74. The van der Waals surface area contributed by atoms with Crippen molar-refractivity contribution in [2.24, 2.45) is 0 Å². The number of nitrogens with zero attached hydrogens (tertiary/aromatic N) is 1. The maximum absolute atomic E-state index is 13.5. The summed E-state index contributed by atoms with van der Waals surface area (Å²) in [5.41, 5.74) is 0.478. The van der Waals surface area contributed by atoms with Crippen LogP contribution < -0.4 is 5.32 Å². The molecule has 0 aliphatic rings. The Morgan fingerprint density at radius 2 is 2.18 bits per heavy atom. The van der Waals surface area contributed by atoms with Crippen LogP contribution >= 0.6 is 0 Å². The number of hydrogen-bond acceptors (Lipinski definition) is 2. The highest BCUT2D eigenvalue weighted by Gasteiger charge is 2.13. The Kier molecular flexibility index (Phi) is 5.58. The van der Waals surface area contributed by atoms with Crippen molar-refractivity contribution in [1.29, 1.82) is 5.26 Å². The first-order valence-electron chi connectivity index (χ1n) is 5.74. The number of rotatable bonds is 6. The first kappa shape index (κ1) is 13.6. The second kappa shape index (κ2) is 6.97. The van der Waals surface area contributed by atoms with Gasteiger partial charge in [-0.1, -0.05) is 13.0 Å². The summed E-state index contributed by atoms with van der Waals surface area (Å²) in [6.45, 7) is 2.59. The standard InChI is InChI=1S/C13H16F2N2/c1-2-13(17-8-4-3-7-16)11-6-5-10(14)9-12(11)15/h5-6,9,13,17H,2-4,8H2,1H3. The van der Waals surface area contributed by atoms with Crippen molar-refractivity contribution in [3.05, 3.63) is 35.4 Å². The van der Waals surface area contributed by atoms with Gasteiger partial charge in [0.2, 0.25) is 0 Å². The van der Waals surface area contributed by atoms with Crippen LogP contribution in [0.15, 0.2) is 18.2 Å². The second-order valence-corrected chi connectivity index (χ2v) is 3.84. The van der Waals surface area contributed by atoms with Crippen molar-refractivity contribution in [3.63, 3.8) is 0 Å². The smallest absolute Gasteiger partial charge is 0.130 e. The normalized spacial score (nSPS) is 12.1. The van der Waals surface area contributed by atoms with Crippen molar-refractivity contribution in [3.8, 4) is 6.07 Å². The van der Waals surface area contributed by atoms with Crippen LogP contribution in [-0.2, 0) is 0 Å². The van der Waals surface area contributed by atoms with Crippen molar-refractivity contribution in [1.82, 2.24) is 5.32 Å². The molecule has 1 rings (SSSR count). The molecule has 2 nitrogen and oxygen atoms in total. The number of nitriles is 1. The maximum Gasteiger partial charge on any atom is 0.130 e. The fourth-order valence-corrected chi connectivity index (χ4v) is 1.70. The molecule has 4 heteroatoms. The fourth-order valence-electron chi connectivity index (χ4n) is 1.70. The Morgan fingerprint density at radius 3 is 2.76 bits per heavy atom. The van der Waals surface area contributed by atoms with Gasteiger partial charge in [0.05, 0.1) is 6.07 Å². The number of unbranched alkanes of at least 4 members (excludes halogenated alkanes) is 1. The lowest BCUT2D eigenvalue weighted by Crippen LogP contribution is -2.22. The lowest BCUT2D eigenvalue weighted by Gasteiger charge is -2.17. The molecular formula is C13H16F2N2. The summed E-state index contributed by atoms with van der Waals surface area (Å²) in [7, 11) is 0. The summed E-state index contributed by atoms with van der Waals surface area (Å²) in [4.78, 5) is 0. The van der Waals surface area contributed by atoms with E-state index in [9.17, 15) is 8.78 Å². The molecule has 0 radical (unpaired) electrons. The molecule has 0 heterocycles. The molecule has 1 unspecified atom stereocenters. The third-order valence-corrected chi connectivity index (χ3v) is 2.60. The minimum atomic E-state index is -0.564. The Bertz CT molecular complexity index is 399. The highest BCUT2D eigenvalue weighted by atomic mass is 19.1. The van der Waals surface area contributed by atoms with Crippen LogP contribution in [0.4, 0.5) is 8.78 Å². The van der Waals surface area contributed by atoms with Gasteiger partial charge >= 0.3 is 0 Å². The molecule has 1 atom stereocenters. The summed E-state index contributed by atoms with van der Waals surface area (Å²) < 4.78 is 26.3. The van der Waals surface area contributed by atoms with Crippen LogP contribution in [0.25, 0.3) is 0 Å². The monoisotopic (exact) mass is 238 g/mol. The predicted octanol–water partition coefficient (Wildman–Crippen LogP) is 3.31. The van der Waals surface area contributed by atoms with Crippen molar-refractivity contribution in [2.75, 3.05) is 6.54 Å². The van der Waals surface area contributed by atoms with Gasteiger partial charge in [0, 0.05) is 24.1 Å². The Hall–Kier alpha value is -1.47. The molecule has 0 spiro atoms. The molecule has 0 aliphatic heterocycles. The van der Waals surface area contributed by atoms with Gasteiger partial charge in [-0.2, -0.15) is 5.26 Å². The average molecular weight is 238 g/mol. The number of nitrogens with one attached hydrogen (secondary N) is 1. The zero-order chi connectivity index (χ0) is 12.7. The Balaban J connectivity index is 2.63. The third kappa shape index (κ3) is 4.12. The van der Waals surface area contributed by atoms with Gasteiger partial charge in [0.15, 0.2) is 0 Å². The van der Waals surface area contributed by atoms with E-state index in [0.717, 1.165) is 18.9 Å². The van der Waals surface area contributed by atoms with Crippen LogP contribution in [0, 0.1) is 23.0 Å². The van der Waals surface area contributed by atoms with Gasteiger partial charge in [-0.25, -0.2) is 8.78 Å². The van der Waals surface area contributed by atoms with Crippen LogP contribution in [0.3, 0.4) is 0 Å². The van der Waals surface area contributed by atoms with E-state index in [0.29, 0.717) is 18.5 Å². The van der Waals surface area contributed by atoms with Crippen molar-refractivity contribution >= 4 is 0 Å². The number of hydrogen-bond donors (Lipinski definition) is 1. The van der Waals surface area contributed by atoms with Gasteiger partial charge in [-0.15, -0.1) is 0 Å². The van der Waals surface area contributed by atoms with Crippen LogP contribution in [-0.4, -0.2) is 6.54 Å². The molecule has 1 aromatic rings. The molecular weight excluding hydrogens is 222 g/mol. The second-order valence-electron chi connectivity index (χ2n) is 3.84. The van der Waals surface area contributed by atoms with Crippen LogP contribution in [0.2, 0.25) is 0 Å². The minimum Gasteiger partial charge on any atom is -0.310 e.